The Hall–Kier alpha value is -1.46. The second kappa shape index (κ2) is 5.89. The first-order valence-electron chi connectivity index (χ1n) is 6.75. The van der Waals surface area contributed by atoms with Gasteiger partial charge in [-0.3, -0.25) is 0 Å². The first kappa shape index (κ1) is 13.5. The highest BCUT2D eigenvalue weighted by molar-refractivity contribution is 9.10. The first-order valence-corrected chi connectivity index (χ1v) is 7.55. The van der Waals surface area contributed by atoms with Crippen molar-refractivity contribution < 1.29 is 5.11 Å². The van der Waals surface area contributed by atoms with Crippen LogP contribution in [0.15, 0.2) is 40.9 Å². The molecule has 1 aromatic carbocycles. The predicted molar refractivity (Wildman–Crippen MR) is 82.6 cm³/mol. The molecule has 0 radical (unpaired) electrons. The molecule has 1 unspecified atom stereocenters. The average Bonchev–Trinajstić information content (AvgIpc) is 2.48. The number of anilines is 1. The second-order valence-corrected chi connectivity index (χ2v) is 5.85. The van der Waals surface area contributed by atoms with Crippen molar-refractivity contribution in [1.82, 2.24) is 10.2 Å². The van der Waals surface area contributed by atoms with Crippen LogP contribution in [-0.2, 0) is 0 Å². The fourth-order valence-electron chi connectivity index (χ4n) is 2.47. The van der Waals surface area contributed by atoms with E-state index in [0.717, 1.165) is 40.9 Å². The lowest BCUT2D eigenvalue weighted by Gasteiger charge is -2.30. The number of benzene rings is 1. The first-order chi connectivity index (χ1) is 9.74. The molecule has 20 heavy (non-hydrogen) atoms. The lowest BCUT2D eigenvalue weighted by Crippen LogP contribution is -2.38. The van der Waals surface area contributed by atoms with Gasteiger partial charge in [-0.2, -0.15) is 0 Å². The SMILES string of the molecule is OC1CCCN(c2ccc(-c3ccccc3Br)nn2)C1. The molecule has 1 atom stereocenters. The summed E-state index contributed by atoms with van der Waals surface area (Å²) in [6.07, 6.45) is 1.61. The van der Waals surface area contributed by atoms with Crippen LogP contribution in [0.5, 0.6) is 0 Å². The Morgan fingerprint density at radius 1 is 1.15 bits per heavy atom. The molecule has 1 saturated heterocycles. The van der Waals surface area contributed by atoms with Crippen LogP contribution in [0.2, 0.25) is 0 Å². The largest absolute Gasteiger partial charge is 0.391 e. The third-order valence-corrected chi connectivity index (χ3v) is 4.21. The summed E-state index contributed by atoms with van der Waals surface area (Å²) in [7, 11) is 0. The molecule has 1 fully saturated rings. The Balaban J connectivity index is 1.83. The minimum absolute atomic E-state index is 0.256. The minimum Gasteiger partial charge on any atom is -0.391 e. The standard InChI is InChI=1S/C15H16BrN3O/c16-13-6-2-1-5-12(13)14-7-8-15(18-17-14)19-9-3-4-11(20)10-19/h1-2,5-8,11,20H,3-4,9-10H2. The topological polar surface area (TPSA) is 49.2 Å². The molecule has 0 amide bonds. The van der Waals surface area contributed by atoms with E-state index in [1.807, 2.05) is 36.4 Å². The number of nitrogens with zero attached hydrogens (tertiary/aromatic N) is 3. The van der Waals surface area contributed by atoms with Crippen molar-refractivity contribution in [2.45, 2.75) is 18.9 Å². The average molecular weight is 334 g/mol. The van der Waals surface area contributed by atoms with Gasteiger partial charge in [0.05, 0.1) is 11.8 Å². The summed E-state index contributed by atoms with van der Waals surface area (Å²) >= 11 is 3.52. The maximum atomic E-state index is 9.71. The van der Waals surface area contributed by atoms with Crippen molar-refractivity contribution in [1.29, 1.82) is 0 Å². The molecule has 1 N–H and O–H groups in total. The number of β-amino-alcohol motifs (C(OH)–C–C–N with tert-alkyl or cyclic N) is 1. The summed E-state index contributed by atoms with van der Waals surface area (Å²) in [5.74, 6) is 0.833. The Kier molecular flexibility index (Phi) is 3.98. The van der Waals surface area contributed by atoms with Crippen LogP contribution in [0, 0.1) is 0 Å². The van der Waals surface area contributed by atoms with E-state index in [2.05, 4.69) is 31.0 Å². The third kappa shape index (κ3) is 2.83. The minimum atomic E-state index is -0.256. The second-order valence-electron chi connectivity index (χ2n) is 5.00. The normalized spacial score (nSPS) is 19.1. The van der Waals surface area contributed by atoms with Gasteiger partial charge in [0.15, 0.2) is 5.82 Å². The van der Waals surface area contributed by atoms with Gasteiger partial charge in [-0.1, -0.05) is 34.1 Å². The van der Waals surface area contributed by atoms with Crippen LogP contribution in [0.1, 0.15) is 12.8 Å². The molecule has 3 rings (SSSR count). The molecule has 1 aliphatic rings. The van der Waals surface area contributed by atoms with Crippen LogP contribution >= 0.6 is 15.9 Å². The van der Waals surface area contributed by atoms with Crippen molar-refractivity contribution >= 4 is 21.7 Å². The van der Waals surface area contributed by atoms with Crippen molar-refractivity contribution in [2.75, 3.05) is 18.0 Å². The van der Waals surface area contributed by atoms with Crippen molar-refractivity contribution in [3.05, 3.63) is 40.9 Å². The van der Waals surface area contributed by atoms with Gasteiger partial charge in [0.2, 0.25) is 0 Å². The highest BCUT2D eigenvalue weighted by Crippen LogP contribution is 2.27. The van der Waals surface area contributed by atoms with E-state index in [4.69, 9.17) is 0 Å². The zero-order valence-electron chi connectivity index (χ0n) is 11.0. The van der Waals surface area contributed by atoms with Gasteiger partial charge in [-0.15, -0.1) is 10.2 Å². The van der Waals surface area contributed by atoms with Crippen molar-refractivity contribution in [3.63, 3.8) is 0 Å². The molecule has 1 aromatic heterocycles. The summed E-state index contributed by atoms with van der Waals surface area (Å²) < 4.78 is 1.01. The van der Waals surface area contributed by atoms with E-state index in [1.54, 1.807) is 0 Å². The van der Waals surface area contributed by atoms with Gasteiger partial charge in [0, 0.05) is 23.1 Å². The van der Waals surface area contributed by atoms with E-state index in [0.29, 0.717) is 6.54 Å². The van der Waals surface area contributed by atoms with Gasteiger partial charge in [0.25, 0.3) is 0 Å². The Bertz CT molecular complexity index is 588. The summed E-state index contributed by atoms with van der Waals surface area (Å²) in [6, 6.07) is 11.9. The zero-order chi connectivity index (χ0) is 13.9. The fourth-order valence-corrected chi connectivity index (χ4v) is 2.96. The smallest absolute Gasteiger partial charge is 0.151 e. The Morgan fingerprint density at radius 3 is 2.70 bits per heavy atom. The summed E-state index contributed by atoms with van der Waals surface area (Å²) in [5.41, 5.74) is 1.88. The number of halogens is 1. The maximum Gasteiger partial charge on any atom is 0.151 e. The predicted octanol–water partition coefficient (Wildman–Crippen LogP) is 2.87. The Morgan fingerprint density at radius 2 is 2.00 bits per heavy atom. The molecule has 2 heterocycles. The van der Waals surface area contributed by atoms with Gasteiger partial charge in [0.1, 0.15) is 0 Å². The third-order valence-electron chi connectivity index (χ3n) is 3.52. The van der Waals surface area contributed by atoms with Crippen LogP contribution in [0.25, 0.3) is 11.3 Å². The number of aliphatic hydroxyl groups is 1. The number of rotatable bonds is 2. The Labute approximate surface area is 126 Å². The lowest BCUT2D eigenvalue weighted by atomic mass is 10.1. The lowest BCUT2D eigenvalue weighted by molar-refractivity contribution is 0.154. The van der Waals surface area contributed by atoms with E-state index in [1.165, 1.54) is 0 Å². The van der Waals surface area contributed by atoms with E-state index >= 15 is 0 Å². The van der Waals surface area contributed by atoms with Gasteiger partial charge >= 0.3 is 0 Å². The zero-order valence-corrected chi connectivity index (χ0v) is 12.6. The fraction of sp³-hybridized carbons (Fsp3) is 0.333. The number of aliphatic hydroxyl groups excluding tert-OH is 1. The molecule has 0 bridgehead atoms. The molecular formula is C15H16BrN3O. The highest BCUT2D eigenvalue weighted by atomic mass is 79.9. The molecule has 104 valence electrons. The molecule has 5 heteroatoms. The van der Waals surface area contributed by atoms with E-state index < -0.39 is 0 Å². The number of aromatic nitrogens is 2. The van der Waals surface area contributed by atoms with Crippen LogP contribution < -0.4 is 4.90 Å². The van der Waals surface area contributed by atoms with Crippen LogP contribution in [-0.4, -0.2) is 34.5 Å². The number of hydrogen-bond acceptors (Lipinski definition) is 4. The molecular weight excluding hydrogens is 318 g/mol. The summed E-state index contributed by atoms with van der Waals surface area (Å²) in [5, 5.41) is 18.3. The van der Waals surface area contributed by atoms with E-state index in [9.17, 15) is 5.11 Å². The quantitative estimate of drug-likeness (QED) is 0.918. The summed E-state index contributed by atoms with van der Waals surface area (Å²) in [4.78, 5) is 2.09. The number of piperidine rings is 1. The van der Waals surface area contributed by atoms with Gasteiger partial charge < -0.3 is 10.0 Å². The number of hydrogen-bond donors (Lipinski definition) is 1. The molecule has 1 aliphatic heterocycles. The summed E-state index contributed by atoms with van der Waals surface area (Å²) in [6.45, 7) is 1.57. The van der Waals surface area contributed by atoms with Crippen LogP contribution in [0.4, 0.5) is 5.82 Å². The van der Waals surface area contributed by atoms with Crippen LogP contribution in [0.3, 0.4) is 0 Å². The van der Waals surface area contributed by atoms with Crippen molar-refractivity contribution in [3.8, 4) is 11.3 Å². The maximum absolute atomic E-state index is 9.71. The molecule has 0 saturated carbocycles. The van der Waals surface area contributed by atoms with Crippen molar-refractivity contribution in [2.24, 2.45) is 0 Å². The van der Waals surface area contributed by atoms with Gasteiger partial charge in [-0.05, 0) is 31.0 Å². The van der Waals surface area contributed by atoms with E-state index in [-0.39, 0.29) is 6.10 Å². The highest BCUT2D eigenvalue weighted by Gasteiger charge is 2.19. The molecule has 4 nitrogen and oxygen atoms in total. The monoisotopic (exact) mass is 333 g/mol. The molecule has 0 spiro atoms. The molecule has 0 aliphatic carbocycles. The van der Waals surface area contributed by atoms with Gasteiger partial charge in [-0.25, -0.2) is 0 Å². The molecule has 2 aromatic rings.